The fourth-order valence-corrected chi connectivity index (χ4v) is 2.99. The van der Waals surface area contributed by atoms with E-state index in [0.29, 0.717) is 24.2 Å². The smallest absolute Gasteiger partial charge is 0.223 e. The number of carbonyl (C=O) groups is 1. The lowest BCUT2D eigenvalue weighted by Crippen LogP contribution is -2.36. The summed E-state index contributed by atoms with van der Waals surface area (Å²) in [6.07, 6.45) is 3.25. The van der Waals surface area contributed by atoms with Gasteiger partial charge in [0.2, 0.25) is 5.91 Å². The topological polar surface area (TPSA) is 58.6 Å². The van der Waals surface area contributed by atoms with Crippen molar-refractivity contribution in [2.24, 2.45) is 0 Å². The van der Waals surface area contributed by atoms with E-state index < -0.39 is 17.5 Å². The molecule has 1 aromatic rings. The highest BCUT2D eigenvalue weighted by molar-refractivity contribution is 5.77. The van der Waals surface area contributed by atoms with Gasteiger partial charge in [0.15, 0.2) is 0 Å². The van der Waals surface area contributed by atoms with Crippen LogP contribution in [0.3, 0.4) is 0 Å². The minimum absolute atomic E-state index is 0.0636. The largest absolute Gasteiger partial charge is 0.496 e. The van der Waals surface area contributed by atoms with E-state index in [1.807, 2.05) is 0 Å². The molecule has 1 unspecified atom stereocenters. The van der Waals surface area contributed by atoms with Crippen LogP contribution in [-0.4, -0.2) is 23.7 Å². The number of aliphatic hydroxyl groups is 1. The number of hydrogen-bond donors (Lipinski definition) is 2. The molecule has 0 heterocycles. The minimum atomic E-state index is -0.900. The van der Waals surface area contributed by atoms with Gasteiger partial charge in [-0.25, -0.2) is 4.39 Å². The van der Waals surface area contributed by atoms with Gasteiger partial charge in [-0.1, -0.05) is 18.9 Å². The quantitative estimate of drug-likeness (QED) is 0.878. The van der Waals surface area contributed by atoms with Gasteiger partial charge in [0, 0.05) is 0 Å². The average molecular weight is 295 g/mol. The molecule has 1 amide bonds. The van der Waals surface area contributed by atoms with E-state index in [4.69, 9.17) is 4.74 Å². The van der Waals surface area contributed by atoms with E-state index >= 15 is 0 Å². The van der Waals surface area contributed by atoms with Gasteiger partial charge in [-0.2, -0.15) is 0 Å². The molecule has 0 radical (unpaired) electrons. The molecule has 0 saturated heterocycles. The molecule has 4 nitrogen and oxygen atoms in total. The van der Waals surface area contributed by atoms with E-state index in [2.05, 4.69) is 5.32 Å². The Kier molecular flexibility index (Phi) is 4.83. The van der Waals surface area contributed by atoms with Crippen molar-refractivity contribution in [2.45, 2.75) is 50.7 Å². The van der Waals surface area contributed by atoms with Crippen LogP contribution < -0.4 is 10.1 Å². The summed E-state index contributed by atoms with van der Waals surface area (Å²) in [4.78, 5) is 12.1. The highest BCUT2D eigenvalue weighted by Crippen LogP contribution is 2.33. The van der Waals surface area contributed by atoms with Crippen molar-refractivity contribution in [3.63, 3.8) is 0 Å². The number of rotatable bonds is 5. The van der Waals surface area contributed by atoms with E-state index in [1.54, 1.807) is 19.1 Å². The molecule has 1 aliphatic carbocycles. The Hall–Kier alpha value is -1.62. The number of benzene rings is 1. The van der Waals surface area contributed by atoms with Crippen LogP contribution in [0.5, 0.6) is 5.75 Å². The average Bonchev–Trinajstić information content (AvgIpc) is 2.84. The number of methoxy groups -OCH3 is 1. The van der Waals surface area contributed by atoms with Crippen LogP contribution in [0.2, 0.25) is 0 Å². The van der Waals surface area contributed by atoms with Gasteiger partial charge in [-0.15, -0.1) is 0 Å². The zero-order valence-corrected chi connectivity index (χ0v) is 12.5. The Balaban J connectivity index is 2.04. The lowest BCUT2D eigenvalue weighted by Gasteiger charge is -2.23. The predicted molar refractivity (Wildman–Crippen MR) is 77.5 cm³/mol. The van der Waals surface area contributed by atoms with Crippen LogP contribution in [0.15, 0.2) is 18.2 Å². The molecule has 1 fully saturated rings. The number of hydrogen-bond acceptors (Lipinski definition) is 3. The summed E-state index contributed by atoms with van der Waals surface area (Å²) in [5, 5.41) is 13.0. The van der Waals surface area contributed by atoms with Crippen LogP contribution in [0.4, 0.5) is 4.39 Å². The molecule has 2 N–H and O–H groups in total. The molecule has 5 heteroatoms. The Bertz CT molecular complexity index is 512. The summed E-state index contributed by atoms with van der Waals surface area (Å²) >= 11 is 0. The van der Waals surface area contributed by atoms with E-state index in [-0.39, 0.29) is 12.3 Å². The Morgan fingerprint density at radius 3 is 2.76 bits per heavy atom. The maximum absolute atomic E-state index is 13.9. The standard InChI is InChI=1S/C16H22FNO3/c1-11(15-12(17)6-5-7-13(15)21-2)18-14(19)10-16(20)8-3-4-9-16/h5-7,11,20H,3-4,8-10H2,1-2H3,(H,18,19). The fraction of sp³-hybridized carbons (Fsp3) is 0.562. The van der Waals surface area contributed by atoms with Crippen molar-refractivity contribution in [1.29, 1.82) is 0 Å². The molecule has 0 aliphatic heterocycles. The fourth-order valence-electron chi connectivity index (χ4n) is 2.99. The van der Waals surface area contributed by atoms with Crippen LogP contribution in [-0.2, 0) is 4.79 Å². The number of ether oxygens (including phenoxy) is 1. The van der Waals surface area contributed by atoms with E-state index in [0.717, 1.165) is 12.8 Å². The van der Waals surface area contributed by atoms with Crippen LogP contribution in [0, 0.1) is 5.82 Å². The Morgan fingerprint density at radius 2 is 2.14 bits per heavy atom. The second kappa shape index (κ2) is 6.43. The van der Waals surface area contributed by atoms with Crippen molar-refractivity contribution < 1.29 is 19.0 Å². The lowest BCUT2D eigenvalue weighted by atomic mass is 9.97. The first-order chi connectivity index (χ1) is 9.95. The number of halogens is 1. The van der Waals surface area contributed by atoms with Crippen LogP contribution >= 0.6 is 0 Å². The number of carbonyl (C=O) groups excluding carboxylic acids is 1. The summed E-state index contributed by atoms with van der Waals surface area (Å²) in [5.74, 6) is -0.277. The van der Waals surface area contributed by atoms with Crippen molar-refractivity contribution in [2.75, 3.05) is 7.11 Å². The first-order valence-electron chi connectivity index (χ1n) is 7.29. The second-order valence-electron chi connectivity index (χ2n) is 5.75. The van der Waals surface area contributed by atoms with Crippen molar-refractivity contribution in [1.82, 2.24) is 5.32 Å². The van der Waals surface area contributed by atoms with Gasteiger partial charge in [0.1, 0.15) is 11.6 Å². The molecule has 1 aromatic carbocycles. The molecule has 1 saturated carbocycles. The van der Waals surface area contributed by atoms with Gasteiger partial charge >= 0.3 is 0 Å². The third-order valence-electron chi connectivity index (χ3n) is 4.07. The maximum Gasteiger partial charge on any atom is 0.223 e. The van der Waals surface area contributed by atoms with Crippen LogP contribution in [0.25, 0.3) is 0 Å². The van der Waals surface area contributed by atoms with Crippen molar-refractivity contribution in [3.8, 4) is 5.75 Å². The summed E-state index contributed by atoms with van der Waals surface area (Å²) in [5.41, 5.74) is -0.574. The SMILES string of the molecule is COc1cccc(F)c1C(C)NC(=O)CC1(O)CCCC1. The van der Waals surface area contributed by atoms with E-state index in [9.17, 15) is 14.3 Å². The molecular formula is C16H22FNO3. The summed E-state index contributed by atoms with van der Waals surface area (Å²) in [6, 6.07) is 4.04. The molecule has 116 valence electrons. The minimum Gasteiger partial charge on any atom is -0.496 e. The van der Waals surface area contributed by atoms with Gasteiger partial charge in [-0.3, -0.25) is 4.79 Å². The first-order valence-corrected chi connectivity index (χ1v) is 7.29. The molecule has 0 aromatic heterocycles. The zero-order chi connectivity index (χ0) is 15.5. The number of amides is 1. The summed E-state index contributed by atoms with van der Waals surface area (Å²) in [6.45, 7) is 1.71. The van der Waals surface area contributed by atoms with Gasteiger partial charge in [0.05, 0.1) is 30.7 Å². The number of nitrogens with one attached hydrogen (secondary N) is 1. The van der Waals surface area contributed by atoms with Gasteiger partial charge < -0.3 is 15.2 Å². The maximum atomic E-state index is 13.9. The van der Waals surface area contributed by atoms with Gasteiger partial charge in [-0.05, 0) is 31.9 Å². The molecule has 2 rings (SSSR count). The predicted octanol–water partition coefficient (Wildman–Crippen LogP) is 2.71. The lowest BCUT2D eigenvalue weighted by molar-refractivity contribution is -0.126. The summed E-state index contributed by atoms with van der Waals surface area (Å²) in [7, 11) is 1.47. The van der Waals surface area contributed by atoms with Crippen molar-refractivity contribution in [3.05, 3.63) is 29.6 Å². The first kappa shape index (κ1) is 15.8. The normalized spacial score (nSPS) is 18.3. The third kappa shape index (κ3) is 3.73. The molecule has 1 atom stereocenters. The third-order valence-corrected chi connectivity index (χ3v) is 4.07. The highest BCUT2D eigenvalue weighted by Gasteiger charge is 2.34. The van der Waals surface area contributed by atoms with Gasteiger partial charge in [0.25, 0.3) is 0 Å². The van der Waals surface area contributed by atoms with Crippen LogP contribution in [0.1, 0.15) is 50.6 Å². The molecular weight excluding hydrogens is 273 g/mol. The second-order valence-corrected chi connectivity index (χ2v) is 5.75. The molecule has 0 spiro atoms. The molecule has 21 heavy (non-hydrogen) atoms. The summed E-state index contributed by atoms with van der Waals surface area (Å²) < 4.78 is 19.1. The molecule has 1 aliphatic rings. The van der Waals surface area contributed by atoms with Crippen molar-refractivity contribution >= 4 is 5.91 Å². The zero-order valence-electron chi connectivity index (χ0n) is 12.5. The highest BCUT2D eigenvalue weighted by atomic mass is 19.1. The molecule has 0 bridgehead atoms. The Labute approximate surface area is 124 Å². The monoisotopic (exact) mass is 295 g/mol. The Morgan fingerprint density at radius 1 is 1.48 bits per heavy atom. The van der Waals surface area contributed by atoms with E-state index in [1.165, 1.54) is 13.2 Å².